The van der Waals surface area contributed by atoms with Crippen LogP contribution in [-0.2, 0) is 0 Å². The first-order valence-corrected chi connectivity index (χ1v) is 4.79. The van der Waals surface area contributed by atoms with Crippen LogP contribution in [0, 0.1) is 6.92 Å². The molecular formula is C14H16. The Morgan fingerprint density at radius 1 is 1.21 bits per heavy atom. The Morgan fingerprint density at radius 3 is 2.36 bits per heavy atom. The predicted octanol–water partition coefficient (Wildman–Crippen LogP) is 4.14. The first kappa shape index (κ1) is 10.5. The van der Waals surface area contributed by atoms with E-state index in [9.17, 15) is 0 Å². The van der Waals surface area contributed by atoms with Gasteiger partial charge in [-0.25, -0.2) is 0 Å². The van der Waals surface area contributed by atoms with Crippen LogP contribution in [0.1, 0.15) is 18.1 Å². The molecule has 0 radical (unpaired) electrons. The molecule has 0 aliphatic heterocycles. The standard InChI is InChI=1S/C14H16/c1-4-13(5-2)10-11-14-8-6-12(3)7-9-14/h4-11H,1H2,2-3H3/b11-10+,13-5+. The van der Waals surface area contributed by atoms with Crippen molar-refractivity contribution >= 4 is 6.08 Å². The fourth-order valence-electron chi connectivity index (χ4n) is 1.15. The van der Waals surface area contributed by atoms with Crippen molar-refractivity contribution in [3.05, 3.63) is 65.8 Å². The molecule has 1 aromatic rings. The lowest BCUT2D eigenvalue weighted by Gasteiger charge is -1.95. The van der Waals surface area contributed by atoms with Gasteiger partial charge >= 0.3 is 0 Å². The van der Waals surface area contributed by atoms with Gasteiger partial charge in [-0.15, -0.1) is 0 Å². The second-order valence-electron chi connectivity index (χ2n) is 3.24. The lowest BCUT2D eigenvalue weighted by Crippen LogP contribution is -1.74. The second-order valence-corrected chi connectivity index (χ2v) is 3.24. The van der Waals surface area contributed by atoms with Gasteiger partial charge in [0.15, 0.2) is 0 Å². The lowest BCUT2D eigenvalue weighted by atomic mass is 10.1. The summed E-state index contributed by atoms with van der Waals surface area (Å²) in [5.41, 5.74) is 3.65. The van der Waals surface area contributed by atoms with E-state index >= 15 is 0 Å². The highest BCUT2D eigenvalue weighted by atomic mass is 13.9. The molecule has 0 aliphatic carbocycles. The van der Waals surface area contributed by atoms with Crippen LogP contribution in [0.4, 0.5) is 0 Å². The Bertz CT molecular complexity index is 350. The fraction of sp³-hybridized carbons (Fsp3) is 0.143. The van der Waals surface area contributed by atoms with Gasteiger partial charge in [0.1, 0.15) is 0 Å². The average molecular weight is 184 g/mol. The molecule has 0 atom stereocenters. The van der Waals surface area contributed by atoms with Crippen LogP contribution >= 0.6 is 0 Å². The Labute approximate surface area is 86.3 Å². The van der Waals surface area contributed by atoms with Crippen molar-refractivity contribution in [2.45, 2.75) is 13.8 Å². The van der Waals surface area contributed by atoms with Crippen molar-refractivity contribution in [1.29, 1.82) is 0 Å². The van der Waals surface area contributed by atoms with E-state index in [1.807, 2.05) is 19.1 Å². The zero-order valence-electron chi connectivity index (χ0n) is 8.83. The maximum atomic E-state index is 3.74. The quantitative estimate of drug-likeness (QED) is 0.619. The number of aryl methyl sites for hydroxylation is 1. The molecule has 0 fully saturated rings. The second kappa shape index (κ2) is 5.23. The summed E-state index contributed by atoms with van der Waals surface area (Å²) in [5.74, 6) is 0. The van der Waals surface area contributed by atoms with Gasteiger partial charge in [-0.1, -0.05) is 60.7 Å². The van der Waals surface area contributed by atoms with Gasteiger partial charge in [0.05, 0.1) is 0 Å². The largest absolute Gasteiger partial charge is 0.0985 e. The molecule has 0 saturated carbocycles. The van der Waals surface area contributed by atoms with E-state index in [0.29, 0.717) is 0 Å². The third kappa shape index (κ3) is 3.06. The number of hydrogen-bond acceptors (Lipinski definition) is 0. The highest BCUT2D eigenvalue weighted by Gasteiger charge is 1.86. The zero-order chi connectivity index (χ0) is 10.4. The third-order valence-corrected chi connectivity index (χ3v) is 2.11. The van der Waals surface area contributed by atoms with Crippen LogP contribution in [0.2, 0.25) is 0 Å². The number of benzene rings is 1. The van der Waals surface area contributed by atoms with Gasteiger partial charge in [-0.05, 0) is 25.0 Å². The number of hydrogen-bond donors (Lipinski definition) is 0. The van der Waals surface area contributed by atoms with Crippen LogP contribution in [-0.4, -0.2) is 0 Å². The van der Waals surface area contributed by atoms with Gasteiger partial charge in [-0.2, -0.15) is 0 Å². The molecule has 0 spiro atoms. The molecular weight excluding hydrogens is 168 g/mol. The van der Waals surface area contributed by atoms with Crippen molar-refractivity contribution in [3.63, 3.8) is 0 Å². The van der Waals surface area contributed by atoms with E-state index in [4.69, 9.17) is 0 Å². The molecule has 72 valence electrons. The Kier molecular flexibility index (Phi) is 3.93. The van der Waals surface area contributed by atoms with Crippen molar-refractivity contribution < 1.29 is 0 Å². The van der Waals surface area contributed by atoms with Crippen LogP contribution < -0.4 is 0 Å². The number of rotatable bonds is 3. The van der Waals surface area contributed by atoms with E-state index in [0.717, 1.165) is 5.57 Å². The minimum Gasteiger partial charge on any atom is -0.0985 e. The molecule has 0 unspecified atom stereocenters. The Hall–Kier alpha value is -1.56. The molecule has 0 amide bonds. The molecule has 0 N–H and O–H groups in total. The van der Waals surface area contributed by atoms with Crippen molar-refractivity contribution in [1.82, 2.24) is 0 Å². The summed E-state index contributed by atoms with van der Waals surface area (Å²) in [7, 11) is 0. The highest BCUT2D eigenvalue weighted by molar-refractivity contribution is 5.54. The average Bonchev–Trinajstić information content (AvgIpc) is 2.22. The van der Waals surface area contributed by atoms with Gasteiger partial charge in [0, 0.05) is 0 Å². The molecule has 1 rings (SSSR count). The lowest BCUT2D eigenvalue weighted by molar-refractivity contribution is 1.46. The summed E-state index contributed by atoms with van der Waals surface area (Å²) in [6, 6.07) is 8.45. The van der Waals surface area contributed by atoms with Crippen molar-refractivity contribution in [3.8, 4) is 0 Å². The van der Waals surface area contributed by atoms with E-state index in [1.54, 1.807) is 0 Å². The van der Waals surface area contributed by atoms with Crippen molar-refractivity contribution in [2.24, 2.45) is 0 Å². The summed E-state index contributed by atoms with van der Waals surface area (Å²) < 4.78 is 0. The monoisotopic (exact) mass is 184 g/mol. The van der Waals surface area contributed by atoms with E-state index in [1.165, 1.54) is 11.1 Å². The fourth-order valence-corrected chi connectivity index (χ4v) is 1.15. The SMILES string of the molecule is C=CC(/C=C/c1ccc(C)cc1)=C\C. The van der Waals surface area contributed by atoms with Crippen molar-refractivity contribution in [2.75, 3.05) is 0 Å². The molecule has 0 nitrogen and oxygen atoms in total. The summed E-state index contributed by atoms with van der Waals surface area (Å²) in [6.07, 6.45) is 8.05. The first-order chi connectivity index (χ1) is 6.76. The van der Waals surface area contributed by atoms with E-state index < -0.39 is 0 Å². The third-order valence-electron chi connectivity index (χ3n) is 2.11. The predicted molar refractivity (Wildman–Crippen MR) is 64.2 cm³/mol. The molecule has 14 heavy (non-hydrogen) atoms. The zero-order valence-corrected chi connectivity index (χ0v) is 8.83. The maximum Gasteiger partial charge on any atom is -0.0256 e. The van der Waals surface area contributed by atoms with Crippen LogP contribution in [0.25, 0.3) is 6.08 Å². The Balaban J connectivity index is 2.78. The minimum absolute atomic E-state index is 1.14. The van der Waals surface area contributed by atoms with Gasteiger partial charge in [-0.3, -0.25) is 0 Å². The van der Waals surface area contributed by atoms with Gasteiger partial charge < -0.3 is 0 Å². The molecule has 0 heteroatoms. The summed E-state index contributed by atoms with van der Waals surface area (Å²) in [5, 5.41) is 0. The highest BCUT2D eigenvalue weighted by Crippen LogP contribution is 2.07. The summed E-state index contributed by atoms with van der Waals surface area (Å²) in [4.78, 5) is 0. The van der Waals surface area contributed by atoms with E-state index in [2.05, 4.69) is 49.9 Å². The molecule has 0 aromatic heterocycles. The van der Waals surface area contributed by atoms with Crippen LogP contribution in [0.5, 0.6) is 0 Å². The van der Waals surface area contributed by atoms with Crippen LogP contribution in [0.15, 0.2) is 54.6 Å². The van der Waals surface area contributed by atoms with Gasteiger partial charge in [0.25, 0.3) is 0 Å². The van der Waals surface area contributed by atoms with Gasteiger partial charge in [0.2, 0.25) is 0 Å². The molecule has 0 bridgehead atoms. The minimum atomic E-state index is 1.14. The maximum absolute atomic E-state index is 3.74. The molecule has 0 aliphatic rings. The smallest absolute Gasteiger partial charge is 0.0256 e. The normalized spacial score (nSPS) is 12.0. The Morgan fingerprint density at radius 2 is 1.86 bits per heavy atom. The molecule has 0 saturated heterocycles. The van der Waals surface area contributed by atoms with E-state index in [-0.39, 0.29) is 0 Å². The van der Waals surface area contributed by atoms with Crippen LogP contribution in [0.3, 0.4) is 0 Å². The molecule has 0 heterocycles. The topological polar surface area (TPSA) is 0 Å². The summed E-state index contributed by atoms with van der Waals surface area (Å²) in [6.45, 7) is 7.84. The molecule has 1 aromatic carbocycles. The first-order valence-electron chi connectivity index (χ1n) is 4.79. The number of allylic oxidation sites excluding steroid dienone is 4. The summed E-state index contributed by atoms with van der Waals surface area (Å²) >= 11 is 0.